The van der Waals surface area contributed by atoms with E-state index in [-0.39, 0.29) is 0 Å². The molecule has 0 spiro atoms. The molecule has 2 rings (SSSR count). The van der Waals surface area contributed by atoms with Crippen LogP contribution in [0.25, 0.3) is 0 Å². The lowest BCUT2D eigenvalue weighted by atomic mass is 10.3. The van der Waals surface area contributed by atoms with Crippen molar-refractivity contribution < 1.29 is 0 Å². The predicted molar refractivity (Wildman–Crippen MR) is 77.2 cm³/mol. The van der Waals surface area contributed by atoms with Gasteiger partial charge in [0.15, 0.2) is 0 Å². The largest absolute Gasteiger partial charge is 0.357 e. The van der Waals surface area contributed by atoms with Crippen LogP contribution in [0.2, 0.25) is 0 Å². The van der Waals surface area contributed by atoms with Gasteiger partial charge in [-0.05, 0) is 32.0 Å². The highest BCUT2D eigenvalue weighted by atomic mass is 15.2. The number of nitrogens with zero attached hydrogens (tertiary/aromatic N) is 4. The predicted octanol–water partition coefficient (Wildman–Crippen LogP) is 2.33. The molecule has 5 heteroatoms. The Morgan fingerprint density at radius 2 is 1.89 bits per heavy atom. The van der Waals surface area contributed by atoms with Crippen LogP contribution in [0.3, 0.4) is 0 Å². The molecule has 0 fully saturated rings. The van der Waals surface area contributed by atoms with E-state index in [1.165, 1.54) is 0 Å². The molecule has 0 unspecified atom stereocenters. The molecule has 0 aliphatic carbocycles. The van der Waals surface area contributed by atoms with Crippen LogP contribution in [-0.2, 0) is 6.54 Å². The van der Waals surface area contributed by atoms with Gasteiger partial charge in [0.25, 0.3) is 0 Å². The highest BCUT2D eigenvalue weighted by Crippen LogP contribution is 2.11. The summed E-state index contributed by atoms with van der Waals surface area (Å²) in [6.45, 7) is 6.74. The zero-order valence-electron chi connectivity index (χ0n) is 11.4. The van der Waals surface area contributed by atoms with Crippen molar-refractivity contribution in [1.82, 2.24) is 15.0 Å². The number of nitrogens with one attached hydrogen (secondary N) is 1. The molecule has 0 aliphatic rings. The molecule has 0 saturated carbocycles. The lowest BCUT2D eigenvalue weighted by Gasteiger charge is -2.19. The van der Waals surface area contributed by atoms with Crippen molar-refractivity contribution >= 4 is 11.8 Å². The lowest BCUT2D eigenvalue weighted by Crippen LogP contribution is -2.23. The summed E-state index contributed by atoms with van der Waals surface area (Å²) in [5.74, 6) is 1.58. The van der Waals surface area contributed by atoms with Gasteiger partial charge in [-0.1, -0.05) is 6.07 Å². The third-order valence-corrected chi connectivity index (χ3v) is 2.88. The standard InChI is InChI=1S/C14H19N5/c1-3-19(4-2)13-8-10-16-14(18-13)17-11-12-7-5-6-9-15-12/h5-10H,3-4,11H2,1-2H3,(H,16,17,18). The average molecular weight is 257 g/mol. The molecular weight excluding hydrogens is 238 g/mol. The average Bonchev–Trinajstić information content (AvgIpc) is 2.48. The molecule has 0 radical (unpaired) electrons. The number of rotatable bonds is 6. The summed E-state index contributed by atoms with van der Waals surface area (Å²) in [5.41, 5.74) is 0.972. The molecule has 2 aromatic rings. The van der Waals surface area contributed by atoms with E-state index in [1.807, 2.05) is 24.3 Å². The summed E-state index contributed by atoms with van der Waals surface area (Å²) < 4.78 is 0. The maximum Gasteiger partial charge on any atom is 0.224 e. The number of hydrogen-bond donors (Lipinski definition) is 1. The topological polar surface area (TPSA) is 53.9 Å². The van der Waals surface area contributed by atoms with Crippen molar-refractivity contribution in [2.45, 2.75) is 20.4 Å². The molecule has 0 aliphatic heterocycles. The van der Waals surface area contributed by atoms with Gasteiger partial charge in [0.1, 0.15) is 5.82 Å². The quantitative estimate of drug-likeness (QED) is 0.860. The summed E-state index contributed by atoms with van der Waals surface area (Å²) in [6.07, 6.45) is 3.56. The van der Waals surface area contributed by atoms with Gasteiger partial charge in [-0.2, -0.15) is 4.98 Å². The molecule has 5 nitrogen and oxygen atoms in total. The van der Waals surface area contributed by atoms with Crippen molar-refractivity contribution in [3.63, 3.8) is 0 Å². The monoisotopic (exact) mass is 257 g/mol. The SMILES string of the molecule is CCN(CC)c1ccnc(NCc2ccccn2)n1. The van der Waals surface area contributed by atoms with Crippen LogP contribution in [0, 0.1) is 0 Å². The molecule has 0 amide bonds. The molecule has 0 aromatic carbocycles. The zero-order valence-corrected chi connectivity index (χ0v) is 11.4. The fourth-order valence-electron chi connectivity index (χ4n) is 1.83. The Balaban J connectivity index is 2.03. The van der Waals surface area contributed by atoms with Crippen LogP contribution in [0.5, 0.6) is 0 Å². The Kier molecular flexibility index (Phi) is 4.66. The zero-order chi connectivity index (χ0) is 13.5. The van der Waals surface area contributed by atoms with E-state index in [0.29, 0.717) is 12.5 Å². The van der Waals surface area contributed by atoms with Crippen LogP contribution in [0.4, 0.5) is 11.8 Å². The van der Waals surface area contributed by atoms with Gasteiger partial charge < -0.3 is 10.2 Å². The first-order valence-corrected chi connectivity index (χ1v) is 6.55. The summed E-state index contributed by atoms with van der Waals surface area (Å²) in [4.78, 5) is 15.2. The van der Waals surface area contributed by atoms with Crippen LogP contribution >= 0.6 is 0 Å². The highest BCUT2D eigenvalue weighted by Gasteiger charge is 2.05. The first-order valence-electron chi connectivity index (χ1n) is 6.55. The minimum Gasteiger partial charge on any atom is -0.357 e. The van der Waals surface area contributed by atoms with Gasteiger partial charge in [-0.3, -0.25) is 4.98 Å². The van der Waals surface area contributed by atoms with E-state index < -0.39 is 0 Å². The molecule has 19 heavy (non-hydrogen) atoms. The third kappa shape index (κ3) is 3.64. The Bertz CT molecular complexity index is 496. The summed E-state index contributed by atoms with van der Waals surface area (Å²) in [7, 11) is 0. The van der Waals surface area contributed by atoms with Crippen molar-refractivity contribution in [2.24, 2.45) is 0 Å². The Labute approximate surface area is 113 Å². The molecule has 2 aromatic heterocycles. The van der Waals surface area contributed by atoms with Gasteiger partial charge >= 0.3 is 0 Å². The Morgan fingerprint density at radius 1 is 1.05 bits per heavy atom. The minimum atomic E-state index is 0.628. The second-order valence-electron chi connectivity index (χ2n) is 4.09. The Morgan fingerprint density at radius 3 is 2.58 bits per heavy atom. The van der Waals surface area contributed by atoms with Crippen molar-refractivity contribution in [3.8, 4) is 0 Å². The lowest BCUT2D eigenvalue weighted by molar-refractivity contribution is 0.840. The smallest absolute Gasteiger partial charge is 0.224 e. The molecular formula is C14H19N5. The number of pyridine rings is 1. The summed E-state index contributed by atoms with van der Waals surface area (Å²) in [6, 6.07) is 7.78. The maximum absolute atomic E-state index is 4.51. The highest BCUT2D eigenvalue weighted by molar-refractivity contribution is 5.42. The third-order valence-electron chi connectivity index (χ3n) is 2.88. The number of aromatic nitrogens is 3. The van der Waals surface area contributed by atoms with Gasteiger partial charge in [0.2, 0.25) is 5.95 Å². The normalized spacial score (nSPS) is 10.2. The van der Waals surface area contributed by atoms with Gasteiger partial charge in [0, 0.05) is 25.5 Å². The van der Waals surface area contributed by atoms with Crippen LogP contribution < -0.4 is 10.2 Å². The van der Waals surface area contributed by atoms with E-state index in [9.17, 15) is 0 Å². The van der Waals surface area contributed by atoms with Crippen molar-refractivity contribution in [3.05, 3.63) is 42.4 Å². The van der Waals surface area contributed by atoms with Crippen molar-refractivity contribution in [2.75, 3.05) is 23.3 Å². The van der Waals surface area contributed by atoms with E-state index in [1.54, 1.807) is 12.4 Å². The molecule has 100 valence electrons. The van der Waals surface area contributed by atoms with Gasteiger partial charge in [-0.25, -0.2) is 4.98 Å². The van der Waals surface area contributed by atoms with E-state index in [2.05, 4.69) is 39.0 Å². The maximum atomic E-state index is 4.51. The fourth-order valence-corrected chi connectivity index (χ4v) is 1.83. The molecule has 0 atom stereocenters. The minimum absolute atomic E-state index is 0.628. The summed E-state index contributed by atoms with van der Waals surface area (Å²) >= 11 is 0. The first kappa shape index (κ1) is 13.3. The number of anilines is 2. The van der Waals surface area contributed by atoms with Gasteiger partial charge in [0.05, 0.1) is 12.2 Å². The van der Waals surface area contributed by atoms with Crippen molar-refractivity contribution in [1.29, 1.82) is 0 Å². The Hall–Kier alpha value is -2.17. The number of hydrogen-bond acceptors (Lipinski definition) is 5. The fraction of sp³-hybridized carbons (Fsp3) is 0.357. The second kappa shape index (κ2) is 6.68. The van der Waals surface area contributed by atoms with E-state index in [4.69, 9.17) is 0 Å². The van der Waals surface area contributed by atoms with Crippen LogP contribution in [0.15, 0.2) is 36.7 Å². The molecule has 0 bridgehead atoms. The van der Waals surface area contributed by atoms with Gasteiger partial charge in [-0.15, -0.1) is 0 Å². The van der Waals surface area contributed by atoms with E-state index >= 15 is 0 Å². The molecule has 2 heterocycles. The van der Waals surface area contributed by atoms with Crippen LogP contribution in [0.1, 0.15) is 19.5 Å². The van der Waals surface area contributed by atoms with Crippen LogP contribution in [-0.4, -0.2) is 28.0 Å². The second-order valence-corrected chi connectivity index (χ2v) is 4.09. The molecule has 1 N–H and O–H groups in total. The summed E-state index contributed by atoms with van der Waals surface area (Å²) in [5, 5.41) is 3.19. The first-order chi connectivity index (χ1) is 9.33. The molecule has 0 saturated heterocycles. The van der Waals surface area contributed by atoms with E-state index in [0.717, 1.165) is 24.6 Å².